The highest BCUT2D eigenvalue weighted by Gasteiger charge is 2.40. The lowest BCUT2D eigenvalue weighted by Crippen LogP contribution is -2.49. The molecule has 94 valence electrons. The Morgan fingerprint density at radius 2 is 2.39 bits per heavy atom. The van der Waals surface area contributed by atoms with Gasteiger partial charge in [-0.05, 0) is 6.92 Å². The summed E-state index contributed by atoms with van der Waals surface area (Å²) in [6, 6.07) is -0.0181. The Morgan fingerprint density at radius 1 is 1.61 bits per heavy atom. The summed E-state index contributed by atoms with van der Waals surface area (Å²) in [6.45, 7) is 2.57. The van der Waals surface area contributed by atoms with Gasteiger partial charge in [0.15, 0.2) is 11.6 Å². The Bertz CT molecular complexity index is 546. The topological polar surface area (TPSA) is 59.5 Å². The molecule has 2 aliphatic heterocycles. The van der Waals surface area contributed by atoms with Crippen molar-refractivity contribution < 1.29 is 18.7 Å². The fraction of sp³-hybridized carbons (Fsp3) is 0.417. The molecule has 18 heavy (non-hydrogen) atoms. The summed E-state index contributed by atoms with van der Waals surface area (Å²) >= 11 is 0. The second-order valence-electron chi connectivity index (χ2n) is 4.55. The fourth-order valence-electron chi connectivity index (χ4n) is 2.43. The Hall–Kier alpha value is -1.98. The smallest absolute Gasteiger partial charge is 0.238 e. The lowest BCUT2D eigenvalue weighted by molar-refractivity contribution is -0.109. The lowest BCUT2D eigenvalue weighted by atomic mass is 9.91. The normalized spacial score (nSPS) is 25.4. The number of carbonyl (C=O) groups excluding carboxylic acids is 2. The van der Waals surface area contributed by atoms with E-state index in [9.17, 15) is 14.0 Å². The third kappa shape index (κ3) is 1.35. The van der Waals surface area contributed by atoms with E-state index in [1.165, 1.54) is 0 Å². The second kappa shape index (κ2) is 3.76. The van der Waals surface area contributed by atoms with Gasteiger partial charge in [0.1, 0.15) is 18.6 Å². The predicted octanol–water partition coefficient (Wildman–Crippen LogP) is 0.819. The highest BCUT2D eigenvalue weighted by molar-refractivity contribution is 6.11. The van der Waals surface area contributed by atoms with E-state index in [0.717, 1.165) is 6.20 Å². The van der Waals surface area contributed by atoms with E-state index in [1.807, 2.05) is 11.8 Å². The van der Waals surface area contributed by atoms with Crippen molar-refractivity contribution in [2.75, 3.05) is 18.1 Å². The molecule has 3 heterocycles. The van der Waals surface area contributed by atoms with Gasteiger partial charge in [-0.25, -0.2) is 9.37 Å². The number of hydrogen-bond acceptors (Lipinski definition) is 5. The molecule has 3 rings (SSSR count). The summed E-state index contributed by atoms with van der Waals surface area (Å²) in [6.07, 6.45) is 1.54. The van der Waals surface area contributed by atoms with E-state index in [2.05, 4.69) is 4.98 Å². The number of aromatic nitrogens is 1. The Labute approximate surface area is 103 Å². The van der Waals surface area contributed by atoms with E-state index in [-0.39, 0.29) is 24.0 Å². The molecule has 6 heteroatoms. The summed E-state index contributed by atoms with van der Waals surface area (Å²) in [5.41, 5.74) is 0.312. The van der Waals surface area contributed by atoms with Crippen LogP contribution >= 0.6 is 0 Å². The number of carbonyl (C=O) groups is 2. The predicted molar refractivity (Wildman–Crippen MR) is 60.4 cm³/mol. The number of anilines is 1. The van der Waals surface area contributed by atoms with Crippen LogP contribution in [0, 0.1) is 11.7 Å². The van der Waals surface area contributed by atoms with Gasteiger partial charge >= 0.3 is 0 Å². The van der Waals surface area contributed by atoms with Gasteiger partial charge in [-0.15, -0.1) is 0 Å². The van der Waals surface area contributed by atoms with Crippen LogP contribution in [-0.2, 0) is 4.79 Å². The maximum absolute atomic E-state index is 13.8. The van der Waals surface area contributed by atoms with Crippen molar-refractivity contribution in [3.63, 3.8) is 0 Å². The first-order valence-electron chi connectivity index (χ1n) is 5.71. The van der Waals surface area contributed by atoms with Gasteiger partial charge in [-0.2, -0.15) is 0 Å². The van der Waals surface area contributed by atoms with Gasteiger partial charge in [-0.1, -0.05) is 0 Å². The SMILES string of the molecule is CC1COc2ncc(F)c3c2N1CC(C=O)C3=O. The Kier molecular flexibility index (Phi) is 2.33. The molecule has 0 saturated carbocycles. The number of halogens is 1. The van der Waals surface area contributed by atoms with Crippen molar-refractivity contribution in [1.29, 1.82) is 0 Å². The van der Waals surface area contributed by atoms with Gasteiger partial charge in [0.25, 0.3) is 0 Å². The van der Waals surface area contributed by atoms with Crippen molar-refractivity contribution in [1.82, 2.24) is 4.98 Å². The van der Waals surface area contributed by atoms with Crippen LogP contribution in [0.1, 0.15) is 17.3 Å². The summed E-state index contributed by atoms with van der Waals surface area (Å²) in [4.78, 5) is 28.7. The molecule has 2 unspecified atom stereocenters. The molecule has 0 fully saturated rings. The zero-order valence-corrected chi connectivity index (χ0v) is 9.72. The zero-order chi connectivity index (χ0) is 12.9. The van der Waals surface area contributed by atoms with E-state index >= 15 is 0 Å². The molecule has 5 nitrogen and oxygen atoms in total. The molecule has 0 saturated heterocycles. The number of ketones is 1. The first-order valence-corrected chi connectivity index (χ1v) is 5.71. The average Bonchev–Trinajstić information content (AvgIpc) is 2.37. The first-order chi connectivity index (χ1) is 8.63. The molecule has 0 spiro atoms. The third-order valence-corrected chi connectivity index (χ3v) is 3.39. The van der Waals surface area contributed by atoms with Crippen molar-refractivity contribution in [3.05, 3.63) is 17.6 Å². The number of aldehydes is 1. The van der Waals surface area contributed by atoms with Crippen LogP contribution in [0.5, 0.6) is 5.88 Å². The minimum absolute atomic E-state index is 0.0181. The summed E-state index contributed by atoms with van der Waals surface area (Å²) in [5.74, 6) is -1.74. The number of hydrogen-bond donors (Lipinski definition) is 0. The van der Waals surface area contributed by atoms with E-state index in [1.54, 1.807) is 0 Å². The van der Waals surface area contributed by atoms with Crippen LogP contribution in [0.15, 0.2) is 6.20 Å². The summed E-state index contributed by atoms with van der Waals surface area (Å²) in [7, 11) is 0. The van der Waals surface area contributed by atoms with Gasteiger partial charge < -0.3 is 14.4 Å². The number of rotatable bonds is 1. The monoisotopic (exact) mass is 250 g/mol. The number of ether oxygens (including phenoxy) is 1. The highest BCUT2D eigenvalue weighted by Crippen LogP contribution is 2.40. The summed E-state index contributed by atoms with van der Waals surface area (Å²) < 4.78 is 19.2. The van der Waals surface area contributed by atoms with Crippen molar-refractivity contribution in [2.24, 2.45) is 5.92 Å². The van der Waals surface area contributed by atoms with Crippen LogP contribution in [0.3, 0.4) is 0 Å². The van der Waals surface area contributed by atoms with Gasteiger partial charge in [0, 0.05) is 6.54 Å². The standard InChI is InChI=1S/C12H11FN2O3/c1-6-5-18-12-10-9(8(13)2-14-12)11(17)7(4-16)3-15(6)10/h2,4,6-7H,3,5H2,1H3. The molecule has 0 aromatic carbocycles. The van der Waals surface area contributed by atoms with Crippen LogP contribution < -0.4 is 9.64 Å². The van der Waals surface area contributed by atoms with Gasteiger partial charge in [0.2, 0.25) is 5.88 Å². The number of nitrogens with zero attached hydrogens (tertiary/aromatic N) is 2. The lowest BCUT2D eigenvalue weighted by Gasteiger charge is -2.41. The maximum Gasteiger partial charge on any atom is 0.238 e. The fourth-order valence-corrected chi connectivity index (χ4v) is 2.43. The van der Waals surface area contributed by atoms with Gasteiger partial charge in [0.05, 0.1) is 23.7 Å². The van der Waals surface area contributed by atoms with Gasteiger partial charge in [-0.3, -0.25) is 4.79 Å². The van der Waals surface area contributed by atoms with Crippen LogP contribution in [0.2, 0.25) is 0 Å². The van der Waals surface area contributed by atoms with Crippen molar-refractivity contribution in [3.8, 4) is 5.88 Å². The molecule has 2 atom stereocenters. The molecule has 0 N–H and O–H groups in total. The quantitative estimate of drug-likeness (QED) is 0.545. The Morgan fingerprint density at radius 3 is 3.11 bits per heavy atom. The minimum Gasteiger partial charge on any atom is -0.474 e. The summed E-state index contributed by atoms with van der Waals surface area (Å²) in [5, 5.41) is 0. The molecular formula is C12H11FN2O3. The largest absolute Gasteiger partial charge is 0.474 e. The highest BCUT2D eigenvalue weighted by atomic mass is 19.1. The molecule has 2 aliphatic rings. The van der Waals surface area contributed by atoms with E-state index in [4.69, 9.17) is 4.74 Å². The van der Waals surface area contributed by atoms with E-state index < -0.39 is 17.5 Å². The molecule has 0 aliphatic carbocycles. The first kappa shape index (κ1) is 11.1. The van der Waals surface area contributed by atoms with Crippen molar-refractivity contribution >= 4 is 17.8 Å². The molecule has 0 bridgehead atoms. The van der Waals surface area contributed by atoms with Crippen LogP contribution in [0.4, 0.5) is 10.1 Å². The van der Waals surface area contributed by atoms with Crippen LogP contribution in [0.25, 0.3) is 0 Å². The molecule has 0 radical (unpaired) electrons. The zero-order valence-electron chi connectivity index (χ0n) is 9.72. The van der Waals surface area contributed by atoms with Crippen molar-refractivity contribution in [2.45, 2.75) is 13.0 Å². The third-order valence-electron chi connectivity index (χ3n) is 3.39. The average molecular weight is 250 g/mol. The molecular weight excluding hydrogens is 239 g/mol. The molecule has 0 amide bonds. The molecule has 1 aromatic heterocycles. The maximum atomic E-state index is 13.8. The molecule has 1 aromatic rings. The Balaban J connectivity index is 2.25. The second-order valence-corrected chi connectivity index (χ2v) is 4.55. The minimum atomic E-state index is -0.817. The van der Waals surface area contributed by atoms with E-state index in [0.29, 0.717) is 18.6 Å². The number of pyridine rings is 1. The number of Topliss-reactive ketones (excluding diaryl/α,β-unsaturated/α-hetero) is 1. The van der Waals surface area contributed by atoms with Crippen LogP contribution in [-0.4, -0.2) is 36.2 Å².